The molecule has 1 aliphatic heterocycles. The molecule has 2 aromatic rings. The Hall–Kier alpha value is -1.54. The summed E-state index contributed by atoms with van der Waals surface area (Å²) in [6.45, 7) is 5.01. The van der Waals surface area contributed by atoms with Gasteiger partial charge in [-0.05, 0) is 74.4 Å². The summed E-state index contributed by atoms with van der Waals surface area (Å²) >= 11 is 0. The Morgan fingerprint density at radius 2 is 1.86 bits per heavy atom. The van der Waals surface area contributed by atoms with Crippen molar-refractivity contribution in [2.45, 2.75) is 38.1 Å². The van der Waals surface area contributed by atoms with Gasteiger partial charge in [0.15, 0.2) is 0 Å². The molecule has 0 N–H and O–H groups in total. The summed E-state index contributed by atoms with van der Waals surface area (Å²) in [6, 6.07) is 14.1. The molecular weight excluding hydrogens is 256 g/mol. The van der Waals surface area contributed by atoms with Gasteiger partial charge in [0.1, 0.15) is 0 Å². The summed E-state index contributed by atoms with van der Waals surface area (Å²) in [5.41, 5.74) is 2.79. The highest BCUT2D eigenvalue weighted by molar-refractivity contribution is 5.38. The minimum absolute atomic E-state index is 0.802. The molecular formula is C19H24N2. The highest BCUT2D eigenvalue weighted by Crippen LogP contribution is 2.48. The fourth-order valence-electron chi connectivity index (χ4n) is 3.82. The van der Waals surface area contributed by atoms with Crippen LogP contribution in [-0.4, -0.2) is 28.6 Å². The van der Waals surface area contributed by atoms with Crippen molar-refractivity contribution in [2.75, 3.05) is 13.1 Å². The van der Waals surface area contributed by atoms with Crippen molar-refractivity contribution in [1.29, 1.82) is 0 Å². The van der Waals surface area contributed by atoms with Crippen molar-refractivity contribution >= 4 is 0 Å². The van der Waals surface area contributed by atoms with Gasteiger partial charge in [-0.15, -0.1) is 0 Å². The van der Waals surface area contributed by atoms with E-state index in [2.05, 4.69) is 65.2 Å². The third-order valence-electron chi connectivity index (χ3n) is 5.31. The standard InChI is InChI=1S/C19H24N2/c1-15-5-4-12-21(15)14-17-13-19(17)16-6-8-18(9-7-16)20-10-2-3-11-20/h2-3,6-11,15,17,19H,4-5,12-14H2,1H3/t15-,17+,19+/m0/s1. The third kappa shape index (κ3) is 2.65. The third-order valence-corrected chi connectivity index (χ3v) is 5.31. The first-order valence-electron chi connectivity index (χ1n) is 8.28. The molecule has 2 fully saturated rings. The van der Waals surface area contributed by atoms with E-state index >= 15 is 0 Å². The van der Waals surface area contributed by atoms with Crippen LogP contribution < -0.4 is 0 Å². The molecule has 1 saturated heterocycles. The number of aromatic nitrogens is 1. The first kappa shape index (κ1) is 13.1. The van der Waals surface area contributed by atoms with Gasteiger partial charge in [0.25, 0.3) is 0 Å². The molecule has 0 unspecified atom stereocenters. The van der Waals surface area contributed by atoms with Gasteiger partial charge in [-0.25, -0.2) is 0 Å². The fourth-order valence-corrected chi connectivity index (χ4v) is 3.82. The second-order valence-corrected chi connectivity index (χ2v) is 6.77. The highest BCUT2D eigenvalue weighted by atomic mass is 15.2. The summed E-state index contributed by atoms with van der Waals surface area (Å²) in [6.07, 6.45) is 8.37. The smallest absolute Gasteiger partial charge is 0.0449 e. The molecule has 2 aliphatic rings. The lowest BCUT2D eigenvalue weighted by atomic mass is 10.1. The SMILES string of the molecule is C[C@H]1CCCN1C[C@H]1C[C@@H]1c1ccc(-n2cccc2)cc1. The minimum atomic E-state index is 0.802. The Kier molecular flexibility index (Phi) is 3.34. The Balaban J connectivity index is 1.39. The average molecular weight is 280 g/mol. The number of nitrogens with zero attached hydrogens (tertiary/aromatic N) is 2. The van der Waals surface area contributed by atoms with Crippen LogP contribution in [0, 0.1) is 5.92 Å². The molecule has 2 nitrogen and oxygen atoms in total. The predicted octanol–water partition coefficient (Wildman–Crippen LogP) is 4.07. The molecule has 1 saturated carbocycles. The molecule has 0 spiro atoms. The summed E-state index contributed by atoms with van der Waals surface area (Å²) in [7, 11) is 0. The van der Waals surface area contributed by atoms with Crippen LogP contribution in [-0.2, 0) is 0 Å². The molecule has 1 aliphatic carbocycles. The predicted molar refractivity (Wildman–Crippen MR) is 86.9 cm³/mol. The Morgan fingerprint density at radius 3 is 2.52 bits per heavy atom. The lowest BCUT2D eigenvalue weighted by Crippen LogP contribution is -2.29. The molecule has 21 heavy (non-hydrogen) atoms. The maximum absolute atomic E-state index is 2.69. The molecule has 2 heterocycles. The first-order chi connectivity index (χ1) is 10.3. The van der Waals surface area contributed by atoms with Crippen molar-refractivity contribution in [3.8, 4) is 5.69 Å². The van der Waals surface area contributed by atoms with Crippen LogP contribution in [0.15, 0.2) is 48.8 Å². The van der Waals surface area contributed by atoms with Crippen LogP contribution in [0.2, 0.25) is 0 Å². The zero-order valence-electron chi connectivity index (χ0n) is 12.8. The monoisotopic (exact) mass is 280 g/mol. The van der Waals surface area contributed by atoms with E-state index in [9.17, 15) is 0 Å². The number of hydrogen-bond donors (Lipinski definition) is 0. The van der Waals surface area contributed by atoms with Gasteiger partial charge in [0.05, 0.1) is 0 Å². The lowest BCUT2D eigenvalue weighted by molar-refractivity contribution is 0.256. The van der Waals surface area contributed by atoms with Gasteiger partial charge in [-0.1, -0.05) is 12.1 Å². The number of likely N-dealkylation sites (tertiary alicyclic amines) is 1. The van der Waals surface area contributed by atoms with Crippen molar-refractivity contribution in [3.05, 3.63) is 54.4 Å². The minimum Gasteiger partial charge on any atom is -0.324 e. The van der Waals surface area contributed by atoms with Crippen LogP contribution >= 0.6 is 0 Å². The van der Waals surface area contributed by atoms with Gasteiger partial charge in [-0.2, -0.15) is 0 Å². The maximum atomic E-state index is 2.69. The van der Waals surface area contributed by atoms with E-state index in [0.717, 1.165) is 17.9 Å². The summed E-state index contributed by atoms with van der Waals surface area (Å²) in [5, 5.41) is 0. The zero-order valence-corrected chi connectivity index (χ0v) is 12.8. The summed E-state index contributed by atoms with van der Waals surface area (Å²) < 4.78 is 2.17. The molecule has 1 aromatic heterocycles. The fraction of sp³-hybridized carbons (Fsp3) is 0.474. The lowest BCUT2D eigenvalue weighted by Gasteiger charge is -2.20. The highest BCUT2D eigenvalue weighted by Gasteiger charge is 2.40. The zero-order chi connectivity index (χ0) is 14.2. The van der Waals surface area contributed by atoms with E-state index in [1.807, 2.05) is 0 Å². The molecule has 110 valence electrons. The van der Waals surface area contributed by atoms with E-state index in [0.29, 0.717) is 0 Å². The molecule has 2 heteroatoms. The van der Waals surface area contributed by atoms with Crippen LogP contribution in [0.1, 0.15) is 37.7 Å². The molecule has 0 amide bonds. The van der Waals surface area contributed by atoms with Crippen LogP contribution in [0.5, 0.6) is 0 Å². The summed E-state index contributed by atoms with van der Waals surface area (Å²) in [5.74, 6) is 1.69. The van der Waals surface area contributed by atoms with Crippen molar-refractivity contribution in [1.82, 2.24) is 9.47 Å². The van der Waals surface area contributed by atoms with Crippen LogP contribution in [0.25, 0.3) is 5.69 Å². The van der Waals surface area contributed by atoms with Crippen LogP contribution in [0.3, 0.4) is 0 Å². The van der Waals surface area contributed by atoms with E-state index in [1.165, 1.54) is 43.6 Å². The largest absolute Gasteiger partial charge is 0.324 e. The Labute approximate surface area is 127 Å². The van der Waals surface area contributed by atoms with E-state index in [4.69, 9.17) is 0 Å². The van der Waals surface area contributed by atoms with E-state index < -0.39 is 0 Å². The molecule has 0 radical (unpaired) electrons. The second kappa shape index (κ2) is 5.34. The Morgan fingerprint density at radius 1 is 1.10 bits per heavy atom. The number of benzene rings is 1. The second-order valence-electron chi connectivity index (χ2n) is 6.77. The maximum Gasteiger partial charge on any atom is 0.0449 e. The summed E-state index contributed by atoms with van der Waals surface area (Å²) in [4.78, 5) is 2.69. The van der Waals surface area contributed by atoms with Gasteiger partial charge in [0, 0.05) is 30.7 Å². The normalized spacial score (nSPS) is 28.9. The van der Waals surface area contributed by atoms with Gasteiger partial charge in [0.2, 0.25) is 0 Å². The molecule has 0 bridgehead atoms. The van der Waals surface area contributed by atoms with Gasteiger partial charge >= 0.3 is 0 Å². The van der Waals surface area contributed by atoms with Crippen molar-refractivity contribution in [3.63, 3.8) is 0 Å². The number of rotatable bonds is 4. The van der Waals surface area contributed by atoms with Crippen LogP contribution in [0.4, 0.5) is 0 Å². The van der Waals surface area contributed by atoms with Crippen molar-refractivity contribution < 1.29 is 0 Å². The Bertz CT molecular complexity index is 585. The molecule has 3 atom stereocenters. The van der Waals surface area contributed by atoms with E-state index in [-0.39, 0.29) is 0 Å². The quantitative estimate of drug-likeness (QED) is 0.819. The first-order valence-corrected chi connectivity index (χ1v) is 8.28. The van der Waals surface area contributed by atoms with Gasteiger partial charge < -0.3 is 9.47 Å². The average Bonchev–Trinajstić information content (AvgIpc) is 2.89. The van der Waals surface area contributed by atoms with E-state index in [1.54, 1.807) is 0 Å². The number of hydrogen-bond acceptors (Lipinski definition) is 1. The molecule has 4 rings (SSSR count). The van der Waals surface area contributed by atoms with Crippen molar-refractivity contribution in [2.24, 2.45) is 5.92 Å². The van der Waals surface area contributed by atoms with Gasteiger partial charge in [-0.3, -0.25) is 0 Å². The molecule has 1 aromatic carbocycles. The topological polar surface area (TPSA) is 8.17 Å².